The third-order valence-electron chi connectivity index (χ3n) is 5.69. The molecule has 3 fully saturated rings. The van der Waals surface area contributed by atoms with Crippen LogP contribution in [0.3, 0.4) is 0 Å². The van der Waals surface area contributed by atoms with Gasteiger partial charge in [-0.15, -0.1) is 0 Å². The maximum absolute atomic E-state index is 4.02. The van der Waals surface area contributed by atoms with E-state index in [0.29, 0.717) is 0 Å². The van der Waals surface area contributed by atoms with Gasteiger partial charge in [-0.05, 0) is 57.8 Å². The molecular weight excluding hydrogens is 232 g/mol. The fourth-order valence-corrected chi connectivity index (χ4v) is 4.42. The van der Waals surface area contributed by atoms with Crippen molar-refractivity contribution in [1.29, 1.82) is 0 Å². The van der Waals surface area contributed by atoms with Crippen molar-refractivity contribution < 1.29 is 0 Å². The lowest BCUT2D eigenvalue weighted by atomic mass is 9.73. The number of likely N-dealkylation sites (tertiary alicyclic amines) is 1. The van der Waals surface area contributed by atoms with Gasteiger partial charge in [-0.2, -0.15) is 0 Å². The fourth-order valence-electron chi connectivity index (χ4n) is 4.42. The van der Waals surface area contributed by atoms with Crippen molar-refractivity contribution in [2.75, 3.05) is 13.1 Å². The topological polar surface area (TPSA) is 15.3 Å². The summed E-state index contributed by atoms with van der Waals surface area (Å²) in [7, 11) is 0. The molecule has 2 aliphatic carbocycles. The smallest absolute Gasteiger partial charge is 0.0150 e. The van der Waals surface area contributed by atoms with Gasteiger partial charge in [-0.25, -0.2) is 0 Å². The molecule has 0 aromatic heterocycles. The van der Waals surface area contributed by atoms with Gasteiger partial charge in [0.1, 0.15) is 0 Å². The highest BCUT2D eigenvalue weighted by molar-refractivity contribution is 4.96. The summed E-state index contributed by atoms with van der Waals surface area (Å²) in [6.07, 6.45) is 8.77. The van der Waals surface area contributed by atoms with Crippen molar-refractivity contribution in [2.45, 2.75) is 77.4 Å². The standard InChI is InChI=1S/C17H32N2/c1-12(2)19-10-15-5-4-6-16(11-19)17(15)18-13(3)9-14-7-8-14/h12-18H,4-11H2,1-3H3. The molecule has 2 nitrogen and oxygen atoms in total. The number of hydrogen-bond acceptors (Lipinski definition) is 2. The molecule has 0 aromatic carbocycles. The Hall–Kier alpha value is -0.0800. The molecule has 0 amide bonds. The summed E-state index contributed by atoms with van der Waals surface area (Å²) >= 11 is 0. The third-order valence-corrected chi connectivity index (χ3v) is 5.69. The third kappa shape index (κ3) is 3.33. The lowest BCUT2D eigenvalue weighted by molar-refractivity contribution is 0.0251. The molecule has 3 atom stereocenters. The normalized spacial score (nSPS) is 37.6. The van der Waals surface area contributed by atoms with E-state index in [2.05, 4.69) is 31.0 Å². The van der Waals surface area contributed by atoms with Crippen molar-refractivity contribution in [3.8, 4) is 0 Å². The van der Waals surface area contributed by atoms with E-state index >= 15 is 0 Å². The zero-order chi connectivity index (χ0) is 13.4. The van der Waals surface area contributed by atoms with Crippen LogP contribution >= 0.6 is 0 Å². The van der Waals surface area contributed by atoms with E-state index in [1.54, 1.807) is 0 Å². The van der Waals surface area contributed by atoms with Crippen LogP contribution in [0.25, 0.3) is 0 Å². The van der Waals surface area contributed by atoms with Crippen LogP contribution in [0.2, 0.25) is 0 Å². The maximum Gasteiger partial charge on any atom is 0.0150 e. The van der Waals surface area contributed by atoms with Gasteiger partial charge in [0.05, 0.1) is 0 Å². The molecule has 2 saturated carbocycles. The molecule has 1 heterocycles. The number of fused-ring (bicyclic) bond motifs is 2. The number of nitrogens with one attached hydrogen (secondary N) is 1. The minimum atomic E-state index is 0.730. The molecule has 2 bridgehead atoms. The quantitative estimate of drug-likeness (QED) is 0.820. The first-order valence-corrected chi connectivity index (χ1v) is 8.63. The summed E-state index contributed by atoms with van der Waals surface area (Å²) < 4.78 is 0. The highest BCUT2D eigenvalue weighted by Gasteiger charge is 2.40. The maximum atomic E-state index is 4.02. The first-order chi connectivity index (χ1) is 9.13. The molecule has 0 spiro atoms. The van der Waals surface area contributed by atoms with Gasteiger partial charge in [-0.3, -0.25) is 0 Å². The van der Waals surface area contributed by atoms with Gasteiger partial charge in [0, 0.05) is 31.2 Å². The zero-order valence-electron chi connectivity index (χ0n) is 13.1. The van der Waals surface area contributed by atoms with Crippen LogP contribution in [0, 0.1) is 17.8 Å². The first kappa shape index (κ1) is 13.9. The Kier molecular flexibility index (Phi) is 4.19. The van der Waals surface area contributed by atoms with Crippen LogP contribution in [-0.4, -0.2) is 36.1 Å². The second kappa shape index (κ2) is 5.73. The van der Waals surface area contributed by atoms with E-state index < -0.39 is 0 Å². The molecule has 110 valence electrons. The van der Waals surface area contributed by atoms with E-state index in [0.717, 1.165) is 35.9 Å². The largest absolute Gasteiger partial charge is 0.311 e. The van der Waals surface area contributed by atoms with Gasteiger partial charge >= 0.3 is 0 Å². The second-order valence-electron chi connectivity index (χ2n) is 7.77. The van der Waals surface area contributed by atoms with Crippen LogP contribution in [0.15, 0.2) is 0 Å². The van der Waals surface area contributed by atoms with E-state index in [1.165, 1.54) is 51.6 Å². The molecular formula is C17H32N2. The Morgan fingerprint density at radius 1 is 1.00 bits per heavy atom. The number of hydrogen-bond donors (Lipinski definition) is 1. The van der Waals surface area contributed by atoms with Crippen LogP contribution in [0.5, 0.6) is 0 Å². The minimum Gasteiger partial charge on any atom is -0.311 e. The SMILES string of the molecule is CC(CC1CC1)NC1C2CCCC1CN(C(C)C)C2. The number of nitrogens with zero attached hydrogens (tertiary/aromatic N) is 1. The molecule has 19 heavy (non-hydrogen) atoms. The molecule has 0 radical (unpaired) electrons. The predicted molar refractivity (Wildman–Crippen MR) is 81.3 cm³/mol. The van der Waals surface area contributed by atoms with Crippen molar-refractivity contribution in [1.82, 2.24) is 10.2 Å². The van der Waals surface area contributed by atoms with Crippen LogP contribution < -0.4 is 5.32 Å². The van der Waals surface area contributed by atoms with E-state index in [9.17, 15) is 0 Å². The fraction of sp³-hybridized carbons (Fsp3) is 1.00. The van der Waals surface area contributed by atoms with Crippen LogP contribution in [0.1, 0.15) is 59.3 Å². The van der Waals surface area contributed by atoms with E-state index in [-0.39, 0.29) is 0 Å². The van der Waals surface area contributed by atoms with Crippen molar-refractivity contribution in [2.24, 2.45) is 17.8 Å². The lowest BCUT2D eigenvalue weighted by Crippen LogP contribution is -2.59. The second-order valence-corrected chi connectivity index (χ2v) is 7.77. The van der Waals surface area contributed by atoms with Crippen molar-refractivity contribution in [3.05, 3.63) is 0 Å². The summed E-state index contributed by atoms with van der Waals surface area (Å²) in [5, 5.41) is 4.02. The van der Waals surface area contributed by atoms with Gasteiger partial charge in [0.15, 0.2) is 0 Å². The van der Waals surface area contributed by atoms with Gasteiger partial charge in [-0.1, -0.05) is 19.3 Å². The average molecular weight is 264 g/mol. The highest BCUT2D eigenvalue weighted by atomic mass is 15.2. The van der Waals surface area contributed by atoms with Gasteiger partial charge < -0.3 is 10.2 Å². The van der Waals surface area contributed by atoms with Gasteiger partial charge in [0.25, 0.3) is 0 Å². The Bertz CT molecular complexity index is 284. The Morgan fingerprint density at radius 3 is 2.16 bits per heavy atom. The van der Waals surface area contributed by atoms with Crippen LogP contribution in [0.4, 0.5) is 0 Å². The molecule has 0 aromatic rings. The molecule has 1 saturated heterocycles. The highest BCUT2D eigenvalue weighted by Crippen LogP contribution is 2.37. The molecule has 3 unspecified atom stereocenters. The monoisotopic (exact) mass is 264 g/mol. The summed E-state index contributed by atoms with van der Waals surface area (Å²) in [6.45, 7) is 9.81. The van der Waals surface area contributed by atoms with Crippen molar-refractivity contribution in [3.63, 3.8) is 0 Å². The summed E-state index contributed by atoms with van der Waals surface area (Å²) in [6, 6.07) is 2.29. The molecule has 2 heteroatoms. The van der Waals surface area contributed by atoms with E-state index in [4.69, 9.17) is 0 Å². The number of piperidine rings is 1. The molecule has 3 rings (SSSR count). The van der Waals surface area contributed by atoms with Crippen LogP contribution in [-0.2, 0) is 0 Å². The Morgan fingerprint density at radius 2 is 1.63 bits per heavy atom. The molecule has 3 aliphatic rings. The lowest BCUT2D eigenvalue weighted by Gasteiger charge is -2.50. The average Bonchev–Trinajstić information content (AvgIpc) is 3.11. The molecule has 1 aliphatic heterocycles. The first-order valence-electron chi connectivity index (χ1n) is 8.63. The molecule has 1 N–H and O–H groups in total. The summed E-state index contributed by atoms with van der Waals surface area (Å²) in [5.41, 5.74) is 0. The summed E-state index contributed by atoms with van der Waals surface area (Å²) in [5.74, 6) is 2.88. The minimum absolute atomic E-state index is 0.730. The zero-order valence-corrected chi connectivity index (χ0v) is 13.1. The van der Waals surface area contributed by atoms with Crippen molar-refractivity contribution >= 4 is 0 Å². The summed E-state index contributed by atoms with van der Waals surface area (Å²) in [4.78, 5) is 2.72. The Balaban J connectivity index is 1.58. The Labute approximate surface area is 119 Å². The predicted octanol–water partition coefficient (Wildman–Crippen LogP) is 3.27. The number of rotatable bonds is 5. The van der Waals surface area contributed by atoms with Gasteiger partial charge in [0.2, 0.25) is 0 Å². The van der Waals surface area contributed by atoms with E-state index in [1.807, 2.05) is 0 Å².